The molecule has 29 heavy (non-hydrogen) atoms. The Morgan fingerprint density at radius 1 is 1.34 bits per heavy atom. The van der Waals surface area contributed by atoms with Crippen molar-refractivity contribution >= 4 is 21.6 Å². The molecule has 3 rings (SSSR count). The normalized spacial score (nSPS) is 13.5. The third-order valence-electron chi connectivity index (χ3n) is 4.60. The molecule has 158 valence electrons. The van der Waals surface area contributed by atoms with Crippen LogP contribution in [0.5, 0.6) is 0 Å². The lowest BCUT2D eigenvalue weighted by atomic mass is 10.2. The van der Waals surface area contributed by atoms with Crippen LogP contribution >= 0.6 is 11.3 Å². The monoisotopic (exact) mass is 419 g/mol. The standard InChI is InChI=1S/C21H29N3O4S/c1-13-14(2)29-20-18(13)19(26)22-17(23-20)11-24(10-16-7-6-8-27-16)9-15(25)12-28-21(3,4)5/h6-8,15,25H,9-12H2,1-5H3,(H,22,23,26). The summed E-state index contributed by atoms with van der Waals surface area (Å²) in [6, 6.07) is 3.71. The van der Waals surface area contributed by atoms with Gasteiger partial charge in [-0.15, -0.1) is 11.3 Å². The van der Waals surface area contributed by atoms with Crippen molar-refractivity contribution in [1.29, 1.82) is 0 Å². The van der Waals surface area contributed by atoms with Crippen molar-refractivity contribution in [3.8, 4) is 0 Å². The zero-order chi connectivity index (χ0) is 21.2. The first-order valence-electron chi connectivity index (χ1n) is 9.68. The Morgan fingerprint density at radius 2 is 2.10 bits per heavy atom. The van der Waals surface area contributed by atoms with E-state index >= 15 is 0 Å². The van der Waals surface area contributed by atoms with Gasteiger partial charge in [-0.2, -0.15) is 0 Å². The lowest BCUT2D eigenvalue weighted by molar-refractivity contribution is -0.0577. The maximum atomic E-state index is 12.6. The number of ether oxygens (including phenoxy) is 1. The van der Waals surface area contributed by atoms with Crippen molar-refractivity contribution in [2.45, 2.75) is 59.4 Å². The van der Waals surface area contributed by atoms with E-state index < -0.39 is 6.10 Å². The van der Waals surface area contributed by atoms with Crippen LogP contribution in [0.15, 0.2) is 27.6 Å². The first kappa shape index (κ1) is 21.7. The molecule has 0 aliphatic rings. The molecule has 8 heteroatoms. The van der Waals surface area contributed by atoms with Gasteiger partial charge >= 0.3 is 0 Å². The number of hydrogen-bond acceptors (Lipinski definition) is 7. The second-order valence-corrected chi connectivity index (χ2v) is 9.51. The van der Waals surface area contributed by atoms with Gasteiger partial charge in [0.2, 0.25) is 0 Å². The second-order valence-electron chi connectivity index (χ2n) is 8.30. The van der Waals surface area contributed by atoms with Crippen LogP contribution in [0.25, 0.3) is 10.2 Å². The van der Waals surface area contributed by atoms with Crippen molar-refractivity contribution in [3.63, 3.8) is 0 Å². The highest BCUT2D eigenvalue weighted by Crippen LogP contribution is 2.26. The van der Waals surface area contributed by atoms with Gasteiger partial charge in [-0.25, -0.2) is 4.98 Å². The molecule has 0 saturated carbocycles. The molecule has 0 amide bonds. The molecule has 3 aromatic heterocycles. The van der Waals surface area contributed by atoms with E-state index in [0.29, 0.717) is 30.8 Å². The van der Waals surface area contributed by atoms with Gasteiger partial charge in [0.1, 0.15) is 16.4 Å². The van der Waals surface area contributed by atoms with Crippen LogP contribution in [0.2, 0.25) is 0 Å². The molecular weight excluding hydrogens is 390 g/mol. The predicted molar refractivity (Wildman–Crippen MR) is 114 cm³/mol. The third kappa shape index (κ3) is 5.76. The van der Waals surface area contributed by atoms with E-state index in [4.69, 9.17) is 9.15 Å². The minimum Gasteiger partial charge on any atom is -0.468 e. The number of fused-ring (bicyclic) bond motifs is 1. The number of aromatic nitrogens is 2. The molecule has 3 heterocycles. The fourth-order valence-electron chi connectivity index (χ4n) is 3.09. The number of H-pyrrole nitrogens is 1. The molecule has 0 aromatic carbocycles. The van der Waals surface area contributed by atoms with Crippen molar-refractivity contribution in [1.82, 2.24) is 14.9 Å². The molecule has 0 radical (unpaired) electrons. The van der Waals surface area contributed by atoms with Gasteiger partial charge in [-0.3, -0.25) is 9.69 Å². The number of furan rings is 1. The summed E-state index contributed by atoms with van der Waals surface area (Å²) in [7, 11) is 0. The summed E-state index contributed by atoms with van der Waals surface area (Å²) in [6.45, 7) is 11.3. The van der Waals surface area contributed by atoms with Crippen molar-refractivity contribution in [3.05, 3.63) is 50.8 Å². The molecule has 2 N–H and O–H groups in total. The summed E-state index contributed by atoms with van der Waals surface area (Å²) in [5.74, 6) is 1.35. The van der Waals surface area contributed by atoms with E-state index in [9.17, 15) is 9.90 Å². The first-order valence-corrected chi connectivity index (χ1v) is 10.5. The molecule has 0 bridgehead atoms. The van der Waals surface area contributed by atoms with Crippen LogP contribution in [0.4, 0.5) is 0 Å². The predicted octanol–water partition coefficient (Wildman–Crippen LogP) is 3.37. The number of aliphatic hydroxyl groups is 1. The van der Waals surface area contributed by atoms with Gasteiger partial charge < -0.3 is 19.2 Å². The Bertz CT molecular complexity index is 1000. The lowest BCUT2D eigenvalue weighted by Crippen LogP contribution is -2.37. The van der Waals surface area contributed by atoms with Crippen molar-refractivity contribution < 1.29 is 14.3 Å². The summed E-state index contributed by atoms with van der Waals surface area (Å²) in [6.07, 6.45) is 0.946. The molecule has 7 nitrogen and oxygen atoms in total. The maximum absolute atomic E-state index is 12.6. The lowest BCUT2D eigenvalue weighted by Gasteiger charge is -2.26. The number of rotatable bonds is 8. The highest BCUT2D eigenvalue weighted by molar-refractivity contribution is 7.18. The number of aliphatic hydroxyl groups excluding tert-OH is 1. The molecule has 0 aliphatic carbocycles. The van der Waals surface area contributed by atoms with E-state index in [0.717, 1.165) is 21.0 Å². The zero-order valence-corrected chi connectivity index (χ0v) is 18.4. The molecule has 0 fully saturated rings. The third-order valence-corrected chi connectivity index (χ3v) is 5.70. The van der Waals surface area contributed by atoms with E-state index in [1.54, 1.807) is 6.26 Å². The summed E-state index contributed by atoms with van der Waals surface area (Å²) in [5.41, 5.74) is 0.536. The van der Waals surface area contributed by atoms with Gasteiger partial charge in [0.05, 0.1) is 43.1 Å². The fraction of sp³-hybridized carbons (Fsp3) is 0.524. The van der Waals surface area contributed by atoms with Gasteiger partial charge in [-0.05, 0) is 52.3 Å². The molecular formula is C21H29N3O4S. The summed E-state index contributed by atoms with van der Waals surface area (Å²) < 4.78 is 11.2. The Labute approximate surface area is 174 Å². The number of nitrogens with zero attached hydrogens (tertiary/aromatic N) is 2. The average Bonchev–Trinajstić information content (AvgIpc) is 3.21. The molecule has 3 aromatic rings. The topological polar surface area (TPSA) is 91.6 Å². The Balaban J connectivity index is 1.79. The number of thiophene rings is 1. The minimum absolute atomic E-state index is 0.124. The number of nitrogens with one attached hydrogen (secondary N) is 1. The number of aryl methyl sites for hydroxylation is 2. The van der Waals surface area contributed by atoms with E-state index in [1.165, 1.54) is 11.3 Å². The first-order chi connectivity index (χ1) is 13.6. The van der Waals surface area contributed by atoms with Crippen LogP contribution < -0.4 is 5.56 Å². The van der Waals surface area contributed by atoms with Crippen molar-refractivity contribution in [2.24, 2.45) is 0 Å². The van der Waals surface area contributed by atoms with Crippen LogP contribution in [0.3, 0.4) is 0 Å². The molecule has 0 spiro atoms. The maximum Gasteiger partial charge on any atom is 0.259 e. The summed E-state index contributed by atoms with van der Waals surface area (Å²) >= 11 is 1.53. The van der Waals surface area contributed by atoms with Crippen LogP contribution in [0.1, 0.15) is 42.8 Å². The van der Waals surface area contributed by atoms with E-state index in [2.05, 4.69) is 9.97 Å². The summed E-state index contributed by atoms with van der Waals surface area (Å²) in [5, 5.41) is 11.1. The average molecular weight is 420 g/mol. The van der Waals surface area contributed by atoms with Crippen molar-refractivity contribution in [2.75, 3.05) is 13.2 Å². The van der Waals surface area contributed by atoms with Gasteiger partial charge in [-0.1, -0.05) is 0 Å². The molecule has 1 atom stereocenters. The fourth-order valence-corrected chi connectivity index (χ4v) is 4.14. The number of aromatic amines is 1. The van der Waals surface area contributed by atoms with Gasteiger partial charge in [0, 0.05) is 11.4 Å². The van der Waals surface area contributed by atoms with Gasteiger partial charge in [0.25, 0.3) is 5.56 Å². The molecule has 1 unspecified atom stereocenters. The van der Waals surface area contributed by atoms with E-state index in [-0.39, 0.29) is 17.8 Å². The number of hydrogen-bond donors (Lipinski definition) is 2. The zero-order valence-electron chi connectivity index (χ0n) is 17.6. The largest absolute Gasteiger partial charge is 0.468 e. The highest BCUT2D eigenvalue weighted by atomic mass is 32.1. The van der Waals surface area contributed by atoms with E-state index in [1.807, 2.05) is 51.7 Å². The Kier molecular flexibility index (Phi) is 6.58. The van der Waals surface area contributed by atoms with Crippen LogP contribution in [0, 0.1) is 13.8 Å². The smallest absolute Gasteiger partial charge is 0.259 e. The quantitative estimate of drug-likeness (QED) is 0.582. The van der Waals surface area contributed by atoms with Crippen LogP contribution in [-0.2, 0) is 17.8 Å². The van der Waals surface area contributed by atoms with Gasteiger partial charge in [0.15, 0.2) is 0 Å². The minimum atomic E-state index is -0.675. The molecule has 0 saturated heterocycles. The molecule has 0 aliphatic heterocycles. The SMILES string of the molecule is Cc1sc2nc(CN(Cc3ccco3)CC(O)COC(C)(C)C)[nH]c(=O)c2c1C. The second kappa shape index (κ2) is 8.79. The Morgan fingerprint density at radius 3 is 2.76 bits per heavy atom. The Hall–Kier alpha value is -2.00. The van der Waals surface area contributed by atoms with Crippen LogP contribution in [-0.4, -0.2) is 44.8 Å². The highest BCUT2D eigenvalue weighted by Gasteiger charge is 2.19. The summed E-state index contributed by atoms with van der Waals surface area (Å²) in [4.78, 5) is 24.0.